The second-order valence-electron chi connectivity index (χ2n) is 6.41. The van der Waals surface area contributed by atoms with E-state index < -0.39 is 0 Å². The Hall–Kier alpha value is -1.42. The van der Waals surface area contributed by atoms with E-state index in [1.807, 2.05) is 26.1 Å². The molecule has 0 radical (unpaired) electrons. The van der Waals surface area contributed by atoms with Gasteiger partial charge in [-0.25, -0.2) is 9.37 Å². The Morgan fingerprint density at radius 2 is 1.93 bits per heavy atom. The molecule has 0 spiro atoms. The van der Waals surface area contributed by atoms with Crippen molar-refractivity contribution in [3.05, 3.63) is 46.2 Å². The SMILES string of the molecule is CN=C(NCCCc1nc(C)cs1)N1CCN(c2ccc(F)cc2)CC1.I. The maximum absolute atomic E-state index is 13.1. The summed E-state index contributed by atoms with van der Waals surface area (Å²) < 4.78 is 13.1. The van der Waals surface area contributed by atoms with Crippen LogP contribution in [0.25, 0.3) is 0 Å². The summed E-state index contributed by atoms with van der Waals surface area (Å²) >= 11 is 1.73. The van der Waals surface area contributed by atoms with E-state index in [4.69, 9.17) is 0 Å². The van der Waals surface area contributed by atoms with Crippen LogP contribution in [0.1, 0.15) is 17.1 Å². The Morgan fingerprint density at radius 3 is 2.52 bits per heavy atom. The third-order valence-corrected chi connectivity index (χ3v) is 5.53. The molecule has 3 rings (SSSR count). The van der Waals surface area contributed by atoms with Crippen molar-refractivity contribution in [2.45, 2.75) is 19.8 Å². The van der Waals surface area contributed by atoms with Crippen LogP contribution in [0, 0.1) is 12.7 Å². The van der Waals surface area contributed by atoms with Crippen molar-refractivity contribution in [3.63, 3.8) is 0 Å². The molecule has 0 atom stereocenters. The number of aliphatic imine (C=N–C) groups is 1. The van der Waals surface area contributed by atoms with Crippen molar-refractivity contribution >= 4 is 47.0 Å². The molecule has 1 N–H and O–H groups in total. The number of nitrogens with one attached hydrogen (secondary N) is 1. The Labute approximate surface area is 181 Å². The number of benzene rings is 1. The van der Waals surface area contributed by atoms with Crippen LogP contribution in [0.3, 0.4) is 0 Å². The first-order valence-electron chi connectivity index (χ1n) is 9.03. The summed E-state index contributed by atoms with van der Waals surface area (Å²) in [5.74, 6) is 0.768. The maximum atomic E-state index is 13.1. The quantitative estimate of drug-likeness (QED) is 0.294. The van der Waals surface area contributed by atoms with Gasteiger partial charge in [-0.2, -0.15) is 0 Å². The molecule has 1 aliphatic heterocycles. The van der Waals surface area contributed by atoms with E-state index in [9.17, 15) is 4.39 Å². The number of guanidine groups is 1. The minimum absolute atomic E-state index is 0. The van der Waals surface area contributed by atoms with E-state index in [1.165, 1.54) is 17.1 Å². The molecule has 5 nitrogen and oxygen atoms in total. The highest BCUT2D eigenvalue weighted by atomic mass is 127. The lowest BCUT2D eigenvalue weighted by Crippen LogP contribution is -2.52. The fourth-order valence-corrected chi connectivity index (χ4v) is 3.94. The molecule has 148 valence electrons. The Kier molecular flexibility index (Phi) is 8.75. The third kappa shape index (κ3) is 6.31. The van der Waals surface area contributed by atoms with E-state index >= 15 is 0 Å². The van der Waals surface area contributed by atoms with Crippen LogP contribution >= 0.6 is 35.3 Å². The van der Waals surface area contributed by atoms with Gasteiger partial charge in [0, 0.05) is 63.0 Å². The third-order valence-electron chi connectivity index (χ3n) is 4.50. The molecule has 1 fully saturated rings. The molecular weight excluding hydrogens is 476 g/mol. The molecule has 1 aromatic carbocycles. The minimum Gasteiger partial charge on any atom is -0.368 e. The summed E-state index contributed by atoms with van der Waals surface area (Å²) in [6, 6.07) is 6.73. The Bertz CT molecular complexity index is 726. The van der Waals surface area contributed by atoms with Gasteiger partial charge in [-0.15, -0.1) is 35.3 Å². The van der Waals surface area contributed by atoms with Crippen LogP contribution in [0.15, 0.2) is 34.6 Å². The molecule has 2 heterocycles. The standard InChI is InChI=1S/C19H26FN5S.HI/c1-15-14-26-18(23-15)4-3-9-22-19(21-2)25-12-10-24(11-13-25)17-7-5-16(20)6-8-17;/h5-8,14H,3-4,9-13H2,1-2H3,(H,21,22);1H. The zero-order chi connectivity index (χ0) is 18.4. The monoisotopic (exact) mass is 503 g/mol. The largest absolute Gasteiger partial charge is 0.368 e. The number of anilines is 1. The summed E-state index contributed by atoms with van der Waals surface area (Å²) in [6.45, 7) is 6.55. The number of hydrogen-bond acceptors (Lipinski definition) is 4. The molecule has 0 saturated carbocycles. The van der Waals surface area contributed by atoms with Gasteiger partial charge in [0.1, 0.15) is 5.82 Å². The van der Waals surface area contributed by atoms with Crippen molar-refractivity contribution in [1.29, 1.82) is 0 Å². The van der Waals surface area contributed by atoms with E-state index in [1.54, 1.807) is 11.3 Å². The van der Waals surface area contributed by atoms with Crippen molar-refractivity contribution < 1.29 is 4.39 Å². The van der Waals surface area contributed by atoms with Crippen molar-refractivity contribution in [2.24, 2.45) is 4.99 Å². The Balaban J connectivity index is 0.00000261. The van der Waals surface area contributed by atoms with Crippen LogP contribution < -0.4 is 10.2 Å². The zero-order valence-electron chi connectivity index (χ0n) is 15.8. The number of halogens is 2. The lowest BCUT2D eigenvalue weighted by molar-refractivity contribution is 0.372. The van der Waals surface area contributed by atoms with Crippen molar-refractivity contribution in [2.75, 3.05) is 44.7 Å². The summed E-state index contributed by atoms with van der Waals surface area (Å²) in [4.78, 5) is 13.5. The molecule has 0 amide bonds. The topological polar surface area (TPSA) is 43.8 Å². The number of aryl methyl sites for hydroxylation is 2. The molecule has 1 aliphatic rings. The summed E-state index contributed by atoms with van der Waals surface area (Å²) in [5, 5.41) is 6.76. The summed E-state index contributed by atoms with van der Waals surface area (Å²) in [6.07, 6.45) is 2.04. The van der Waals surface area contributed by atoms with E-state index in [0.29, 0.717) is 0 Å². The van der Waals surface area contributed by atoms with Gasteiger partial charge in [0.2, 0.25) is 0 Å². The van der Waals surface area contributed by atoms with Gasteiger partial charge in [-0.3, -0.25) is 4.99 Å². The summed E-state index contributed by atoms with van der Waals surface area (Å²) in [7, 11) is 1.83. The number of nitrogens with zero attached hydrogens (tertiary/aromatic N) is 4. The van der Waals surface area contributed by atoms with Crippen molar-refractivity contribution in [3.8, 4) is 0 Å². The molecule has 1 saturated heterocycles. The second kappa shape index (κ2) is 10.8. The lowest BCUT2D eigenvalue weighted by Gasteiger charge is -2.37. The van der Waals surface area contributed by atoms with Crippen LogP contribution in [-0.2, 0) is 6.42 Å². The average molecular weight is 503 g/mol. The van der Waals surface area contributed by atoms with Gasteiger partial charge in [0.05, 0.1) is 5.01 Å². The molecule has 0 bridgehead atoms. The molecular formula is C19H27FIN5S. The predicted octanol–water partition coefficient (Wildman–Crippen LogP) is 3.54. The highest BCUT2D eigenvalue weighted by molar-refractivity contribution is 14.0. The average Bonchev–Trinajstić information content (AvgIpc) is 3.08. The lowest BCUT2D eigenvalue weighted by atomic mass is 10.2. The second-order valence-corrected chi connectivity index (χ2v) is 7.35. The summed E-state index contributed by atoms with van der Waals surface area (Å²) in [5.41, 5.74) is 2.18. The molecule has 27 heavy (non-hydrogen) atoms. The molecule has 0 unspecified atom stereocenters. The van der Waals surface area contributed by atoms with Crippen molar-refractivity contribution in [1.82, 2.24) is 15.2 Å². The fraction of sp³-hybridized carbons (Fsp3) is 0.474. The van der Waals surface area contributed by atoms with Crippen LogP contribution in [0.2, 0.25) is 0 Å². The Morgan fingerprint density at radius 1 is 1.22 bits per heavy atom. The zero-order valence-corrected chi connectivity index (χ0v) is 19.0. The molecule has 2 aromatic rings. The van der Waals surface area contributed by atoms with Gasteiger partial charge in [0.25, 0.3) is 0 Å². The number of thiazole rings is 1. The number of piperazine rings is 1. The number of rotatable bonds is 5. The first kappa shape index (κ1) is 21.9. The van der Waals surface area contributed by atoms with Gasteiger partial charge in [0.15, 0.2) is 5.96 Å². The highest BCUT2D eigenvalue weighted by Crippen LogP contribution is 2.17. The molecule has 0 aliphatic carbocycles. The normalized spacial score (nSPS) is 14.9. The van der Waals surface area contributed by atoms with E-state index in [2.05, 4.69) is 30.5 Å². The fourth-order valence-electron chi connectivity index (χ4n) is 3.12. The first-order valence-corrected chi connectivity index (χ1v) is 9.91. The predicted molar refractivity (Wildman–Crippen MR) is 122 cm³/mol. The number of hydrogen-bond donors (Lipinski definition) is 1. The highest BCUT2D eigenvalue weighted by Gasteiger charge is 2.19. The van der Waals surface area contributed by atoms with Crippen LogP contribution in [0.4, 0.5) is 10.1 Å². The first-order chi connectivity index (χ1) is 12.7. The molecule has 8 heteroatoms. The van der Waals surface area contributed by atoms with E-state index in [0.717, 1.165) is 62.9 Å². The minimum atomic E-state index is -0.190. The van der Waals surface area contributed by atoms with Crippen LogP contribution in [0.5, 0.6) is 0 Å². The van der Waals surface area contributed by atoms with Gasteiger partial charge >= 0.3 is 0 Å². The maximum Gasteiger partial charge on any atom is 0.193 e. The van der Waals surface area contributed by atoms with Crippen LogP contribution in [-0.4, -0.2) is 55.6 Å². The van der Waals surface area contributed by atoms with Gasteiger partial charge in [-0.1, -0.05) is 0 Å². The van der Waals surface area contributed by atoms with E-state index in [-0.39, 0.29) is 29.8 Å². The van der Waals surface area contributed by atoms with Gasteiger partial charge < -0.3 is 15.1 Å². The van der Waals surface area contributed by atoms with Gasteiger partial charge in [-0.05, 0) is 37.6 Å². The number of aromatic nitrogens is 1. The molecule has 1 aromatic heterocycles. The smallest absolute Gasteiger partial charge is 0.193 e.